The third-order valence-corrected chi connectivity index (χ3v) is 7.32. The van der Waals surface area contributed by atoms with E-state index in [-0.39, 0.29) is 35.5 Å². The van der Waals surface area contributed by atoms with Gasteiger partial charge in [-0.2, -0.15) is 4.31 Å². The molecular weight excluding hydrogens is 394 g/mol. The summed E-state index contributed by atoms with van der Waals surface area (Å²) in [5, 5.41) is 11.0. The average Bonchev–Trinajstić information content (AvgIpc) is 2.73. The van der Waals surface area contributed by atoms with Crippen LogP contribution in [-0.2, 0) is 14.8 Å². The molecule has 3 rings (SSSR count). The highest BCUT2D eigenvalue weighted by atomic mass is 32.2. The summed E-state index contributed by atoms with van der Waals surface area (Å²) < 4.78 is 27.4. The number of carbonyl (C=O) groups excluding carboxylic acids is 1. The number of hydrogen-bond donors (Lipinski definition) is 0. The molecule has 1 aliphatic heterocycles. The molecule has 154 valence electrons. The van der Waals surface area contributed by atoms with Gasteiger partial charge in [0.15, 0.2) is 0 Å². The van der Waals surface area contributed by atoms with E-state index in [0.29, 0.717) is 18.4 Å². The van der Waals surface area contributed by atoms with Gasteiger partial charge in [-0.1, -0.05) is 24.3 Å². The van der Waals surface area contributed by atoms with Crippen LogP contribution < -0.4 is 4.90 Å². The van der Waals surface area contributed by atoms with Crippen LogP contribution in [0.5, 0.6) is 0 Å². The van der Waals surface area contributed by atoms with Crippen LogP contribution in [0.4, 0.5) is 11.4 Å². The SMILES string of the molecule is Cc1ccc([N+](=O)[O-])cc1S(=O)(=O)N1CCC(C(=O)N(C)c2ccccc2)CC1. The Morgan fingerprint density at radius 1 is 1.14 bits per heavy atom. The summed E-state index contributed by atoms with van der Waals surface area (Å²) in [5.41, 5.74) is 0.987. The summed E-state index contributed by atoms with van der Waals surface area (Å²) >= 11 is 0. The molecule has 0 saturated carbocycles. The Kier molecular flexibility index (Phi) is 5.99. The molecule has 0 aliphatic carbocycles. The number of nitrogens with zero attached hydrogens (tertiary/aromatic N) is 3. The van der Waals surface area contributed by atoms with Crippen LogP contribution in [0, 0.1) is 23.0 Å². The number of nitro benzene ring substituents is 1. The summed E-state index contributed by atoms with van der Waals surface area (Å²) in [4.78, 5) is 24.7. The van der Waals surface area contributed by atoms with Crippen molar-refractivity contribution in [3.8, 4) is 0 Å². The number of piperidine rings is 1. The number of aryl methyl sites for hydroxylation is 1. The van der Waals surface area contributed by atoms with E-state index < -0.39 is 14.9 Å². The van der Waals surface area contributed by atoms with Crippen molar-refractivity contribution >= 4 is 27.3 Å². The first-order valence-electron chi connectivity index (χ1n) is 9.29. The van der Waals surface area contributed by atoms with Crippen LogP contribution in [-0.4, -0.2) is 43.7 Å². The maximum Gasteiger partial charge on any atom is 0.270 e. The van der Waals surface area contributed by atoms with Crippen molar-refractivity contribution in [1.29, 1.82) is 0 Å². The minimum Gasteiger partial charge on any atom is -0.315 e. The fraction of sp³-hybridized carbons (Fsp3) is 0.350. The van der Waals surface area contributed by atoms with Crippen molar-refractivity contribution < 1.29 is 18.1 Å². The van der Waals surface area contributed by atoms with Crippen molar-refractivity contribution in [3.05, 3.63) is 64.2 Å². The van der Waals surface area contributed by atoms with E-state index in [1.54, 1.807) is 18.9 Å². The molecule has 0 spiro atoms. The van der Waals surface area contributed by atoms with E-state index in [0.717, 1.165) is 11.8 Å². The lowest BCUT2D eigenvalue weighted by molar-refractivity contribution is -0.385. The van der Waals surface area contributed by atoms with Crippen LogP contribution in [0.2, 0.25) is 0 Å². The number of anilines is 1. The van der Waals surface area contributed by atoms with Crippen molar-refractivity contribution in [3.63, 3.8) is 0 Å². The lowest BCUT2D eigenvalue weighted by Crippen LogP contribution is -2.43. The fourth-order valence-electron chi connectivity index (χ4n) is 3.52. The fourth-order valence-corrected chi connectivity index (χ4v) is 5.23. The number of benzene rings is 2. The Morgan fingerprint density at radius 3 is 2.34 bits per heavy atom. The van der Waals surface area contributed by atoms with Gasteiger partial charge in [0.1, 0.15) is 0 Å². The molecule has 29 heavy (non-hydrogen) atoms. The number of hydrogen-bond acceptors (Lipinski definition) is 5. The molecule has 1 saturated heterocycles. The number of non-ortho nitro benzene ring substituents is 1. The van der Waals surface area contributed by atoms with Gasteiger partial charge in [0.25, 0.3) is 5.69 Å². The second-order valence-corrected chi connectivity index (χ2v) is 9.02. The first-order chi connectivity index (χ1) is 13.7. The topological polar surface area (TPSA) is 101 Å². The molecule has 8 nitrogen and oxygen atoms in total. The Labute approximate surface area is 169 Å². The quantitative estimate of drug-likeness (QED) is 0.550. The van der Waals surface area contributed by atoms with Gasteiger partial charge in [-0.3, -0.25) is 14.9 Å². The molecule has 0 aromatic heterocycles. The summed E-state index contributed by atoms with van der Waals surface area (Å²) in [6, 6.07) is 13.1. The molecule has 0 radical (unpaired) electrons. The first kappa shape index (κ1) is 20.9. The number of para-hydroxylation sites is 1. The highest BCUT2D eigenvalue weighted by Crippen LogP contribution is 2.29. The molecule has 2 aromatic rings. The van der Waals surface area contributed by atoms with Crippen molar-refractivity contribution in [2.45, 2.75) is 24.7 Å². The highest BCUT2D eigenvalue weighted by molar-refractivity contribution is 7.89. The molecular formula is C20H23N3O5S. The van der Waals surface area contributed by atoms with E-state index in [1.807, 2.05) is 30.3 Å². The van der Waals surface area contributed by atoms with Crippen LogP contribution in [0.1, 0.15) is 18.4 Å². The van der Waals surface area contributed by atoms with Crippen molar-refractivity contribution in [2.75, 3.05) is 25.0 Å². The molecule has 0 unspecified atom stereocenters. The lowest BCUT2D eigenvalue weighted by Gasteiger charge is -2.32. The van der Waals surface area contributed by atoms with Gasteiger partial charge in [-0.15, -0.1) is 0 Å². The predicted octanol–water partition coefficient (Wildman–Crippen LogP) is 2.97. The van der Waals surface area contributed by atoms with E-state index in [9.17, 15) is 23.3 Å². The van der Waals surface area contributed by atoms with E-state index >= 15 is 0 Å². The number of rotatable bonds is 5. The smallest absolute Gasteiger partial charge is 0.270 e. The minimum atomic E-state index is -3.87. The second kappa shape index (κ2) is 8.30. The number of carbonyl (C=O) groups is 1. The van der Waals surface area contributed by atoms with Crippen LogP contribution in [0.25, 0.3) is 0 Å². The predicted molar refractivity (Wildman–Crippen MR) is 109 cm³/mol. The van der Waals surface area contributed by atoms with E-state index in [2.05, 4.69) is 0 Å². The van der Waals surface area contributed by atoms with E-state index in [1.165, 1.54) is 16.4 Å². The third kappa shape index (κ3) is 4.30. The maximum atomic E-state index is 13.0. The lowest BCUT2D eigenvalue weighted by atomic mass is 9.96. The van der Waals surface area contributed by atoms with Crippen molar-refractivity contribution in [2.24, 2.45) is 5.92 Å². The third-order valence-electron chi connectivity index (χ3n) is 5.28. The van der Waals surface area contributed by atoms with Crippen LogP contribution >= 0.6 is 0 Å². The first-order valence-corrected chi connectivity index (χ1v) is 10.7. The molecule has 1 amide bonds. The number of sulfonamides is 1. The highest BCUT2D eigenvalue weighted by Gasteiger charge is 2.34. The van der Waals surface area contributed by atoms with Crippen molar-refractivity contribution in [1.82, 2.24) is 4.31 Å². The normalized spacial score (nSPS) is 15.8. The molecule has 2 aromatic carbocycles. The summed E-state index contributed by atoms with van der Waals surface area (Å²) in [6.45, 7) is 2.01. The van der Waals surface area contributed by atoms with Crippen LogP contribution in [0.15, 0.2) is 53.4 Å². The molecule has 1 aliphatic rings. The Hall–Kier alpha value is -2.78. The largest absolute Gasteiger partial charge is 0.315 e. The van der Waals surface area contributed by atoms with Gasteiger partial charge in [0.2, 0.25) is 15.9 Å². The Morgan fingerprint density at radius 2 is 1.76 bits per heavy atom. The van der Waals surface area contributed by atoms with Gasteiger partial charge in [-0.05, 0) is 37.5 Å². The summed E-state index contributed by atoms with van der Waals surface area (Å²) in [5.74, 6) is -0.308. The summed E-state index contributed by atoms with van der Waals surface area (Å²) in [7, 11) is -2.15. The maximum absolute atomic E-state index is 13.0. The standard InChI is InChI=1S/C20H23N3O5S/c1-15-8-9-18(23(25)26)14-19(15)29(27,28)22-12-10-16(11-13-22)20(24)21(2)17-6-4-3-5-7-17/h3-9,14,16H,10-13H2,1-2H3. The zero-order chi connectivity index (χ0) is 21.2. The summed E-state index contributed by atoms with van der Waals surface area (Å²) in [6.07, 6.45) is 0.812. The zero-order valence-electron chi connectivity index (χ0n) is 16.3. The minimum absolute atomic E-state index is 0.0419. The second-order valence-electron chi connectivity index (χ2n) is 7.12. The van der Waals surface area contributed by atoms with Gasteiger partial charge in [0.05, 0.1) is 9.82 Å². The molecule has 0 bridgehead atoms. The molecule has 1 fully saturated rings. The Balaban J connectivity index is 1.72. The molecule has 0 N–H and O–H groups in total. The van der Waals surface area contributed by atoms with Gasteiger partial charge in [-0.25, -0.2) is 8.42 Å². The average molecular weight is 417 g/mol. The van der Waals surface area contributed by atoms with Gasteiger partial charge in [0, 0.05) is 43.9 Å². The number of amides is 1. The van der Waals surface area contributed by atoms with Crippen LogP contribution in [0.3, 0.4) is 0 Å². The monoisotopic (exact) mass is 417 g/mol. The molecule has 9 heteroatoms. The molecule has 1 heterocycles. The van der Waals surface area contributed by atoms with E-state index in [4.69, 9.17) is 0 Å². The Bertz CT molecular complexity index is 1020. The number of nitro groups is 1. The van der Waals surface area contributed by atoms with Gasteiger partial charge < -0.3 is 4.90 Å². The van der Waals surface area contributed by atoms with Gasteiger partial charge >= 0.3 is 0 Å². The molecule has 0 atom stereocenters. The zero-order valence-corrected chi connectivity index (χ0v) is 17.1.